The number of rotatable bonds is 2. The third-order valence-corrected chi connectivity index (χ3v) is 5.17. The Morgan fingerprint density at radius 1 is 1.15 bits per heavy atom. The Kier molecular flexibility index (Phi) is 5.41. The lowest BCUT2D eigenvalue weighted by Gasteiger charge is -2.27. The van der Waals surface area contributed by atoms with Gasteiger partial charge in [0.05, 0.1) is 10.2 Å². The second-order valence-electron chi connectivity index (χ2n) is 5.71. The Hall–Kier alpha value is -2.16. The molecule has 1 aliphatic heterocycles. The van der Waals surface area contributed by atoms with E-state index in [4.69, 9.17) is 11.6 Å². The largest absolute Gasteiger partial charge is 0.506 e. The zero-order valence-corrected chi connectivity index (χ0v) is 17.6. The minimum atomic E-state index is -0.868. The molecule has 138 valence electrons. The summed E-state index contributed by atoms with van der Waals surface area (Å²) in [6.45, 7) is 1.71. The summed E-state index contributed by atoms with van der Waals surface area (Å²) in [4.78, 5) is 38.3. The van der Waals surface area contributed by atoms with Gasteiger partial charge in [0.25, 0.3) is 11.8 Å². The number of carbonyl (C=O) groups excluding carboxylic acids is 3. The van der Waals surface area contributed by atoms with Crippen molar-refractivity contribution in [3.05, 3.63) is 61.0 Å². The van der Waals surface area contributed by atoms with Gasteiger partial charge in [-0.1, -0.05) is 33.6 Å². The predicted octanol–water partition coefficient (Wildman–Crippen LogP) is 4.55. The number of phenols is 1. The molecule has 6 nitrogen and oxygen atoms in total. The minimum absolute atomic E-state index is 0.145. The molecular formula is C18H11Br2ClN2O4. The van der Waals surface area contributed by atoms with Crippen LogP contribution in [0.15, 0.2) is 44.9 Å². The van der Waals surface area contributed by atoms with Crippen LogP contribution >= 0.6 is 43.5 Å². The Bertz CT molecular complexity index is 1040. The average Bonchev–Trinajstić information content (AvgIpc) is 2.58. The quantitative estimate of drug-likeness (QED) is 0.455. The normalized spacial score (nSPS) is 16.1. The Labute approximate surface area is 176 Å². The highest BCUT2D eigenvalue weighted by Gasteiger charge is 2.37. The summed E-state index contributed by atoms with van der Waals surface area (Å²) in [5.41, 5.74) is 0.828. The van der Waals surface area contributed by atoms with Crippen LogP contribution in [0.4, 0.5) is 10.5 Å². The second-order valence-corrected chi connectivity index (χ2v) is 7.92. The zero-order valence-electron chi connectivity index (χ0n) is 13.7. The summed E-state index contributed by atoms with van der Waals surface area (Å²) in [5.74, 6) is -1.81. The van der Waals surface area contributed by atoms with Gasteiger partial charge >= 0.3 is 6.03 Å². The van der Waals surface area contributed by atoms with Crippen LogP contribution in [0.1, 0.15) is 11.1 Å². The maximum Gasteiger partial charge on any atom is 0.335 e. The van der Waals surface area contributed by atoms with E-state index in [1.165, 1.54) is 12.1 Å². The Morgan fingerprint density at radius 2 is 1.85 bits per heavy atom. The molecule has 9 heteroatoms. The van der Waals surface area contributed by atoms with Gasteiger partial charge in [0.2, 0.25) is 0 Å². The number of aryl methyl sites for hydroxylation is 1. The number of phenolic OH excluding ortho intramolecular Hbond substituents is 1. The van der Waals surface area contributed by atoms with Gasteiger partial charge in [0.1, 0.15) is 11.3 Å². The van der Waals surface area contributed by atoms with Crippen LogP contribution in [0.2, 0.25) is 5.02 Å². The summed E-state index contributed by atoms with van der Waals surface area (Å²) in [6, 6.07) is 7.05. The van der Waals surface area contributed by atoms with Crippen LogP contribution in [0.3, 0.4) is 0 Å². The molecule has 1 aliphatic rings. The lowest BCUT2D eigenvalue weighted by Crippen LogP contribution is -2.54. The molecular weight excluding hydrogens is 503 g/mol. The number of benzene rings is 2. The zero-order chi connectivity index (χ0) is 19.9. The number of nitrogens with zero attached hydrogens (tertiary/aromatic N) is 1. The molecule has 4 amide bonds. The predicted molar refractivity (Wildman–Crippen MR) is 109 cm³/mol. The SMILES string of the molecule is Cc1ccc(Cl)cc1N1C(=O)NC(=O)/C(=C\c2cc(Br)cc(Br)c2O)C1=O. The maximum absolute atomic E-state index is 12.9. The van der Waals surface area contributed by atoms with Crippen LogP contribution in [0.5, 0.6) is 5.75 Å². The molecule has 0 atom stereocenters. The fourth-order valence-corrected chi connectivity index (χ4v) is 3.98. The first-order valence-corrected chi connectivity index (χ1v) is 9.51. The molecule has 0 aromatic heterocycles. The number of hydrogen-bond acceptors (Lipinski definition) is 4. The maximum atomic E-state index is 12.9. The van der Waals surface area contributed by atoms with E-state index in [1.807, 2.05) is 0 Å². The molecule has 2 aromatic carbocycles. The number of halogens is 3. The third-order valence-electron chi connectivity index (χ3n) is 3.87. The van der Waals surface area contributed by atoms with Gasteiger partial charge in [0.15, 0.2) is 0 Å². The molecule has 0 spiro atoms. The van der Waals surface area contributed by atoms with E-state index < -0.39 is 17.8 Å². The Morgan fingerprint density at radius 3 is 2.56 bits per heavy atom. The van der Waals surface area contributed by atoms with Crippen molar-refractivity contribution in [1.29, 1.82) is 0 Å². The van der Waals surface area contributed by atoms with Crippen LogP contribution in [-0.4, -0.2) is 23.0 Å². The summed E-state index contributed by atoms with van der Waals surface area (Å²) >= 11 is 12.5. The number of amides is 4. The first-order valence-electron chi connectivity index (χ1n) is 7.54. The van der Waals surface area contributed by atoms with E-state index in [-0.39, 0.29) is 22.6 Å². The molecule has 0 aliphatic carbocycles. The number of anilines is 1. The minimum Gasteiger partial charge on any atom is -0.506 e. The number of imide groups is 2. The van der Waals surface area contributed by atoms with Crippen molar-refractivity contribution in [2.24, 2.45) is 0 Å². The Balaban J connectivity index is 2.12. The molecule has 1 saturated heterocycles. The highest BCUT2D eigenvalue weighted by molar-refractivity contribution is 9.11. The lowest BCUT2D eigenvalue weighted by atomic mass is 10.1. The second kappa shape index (κ2) is 7.46. The van der Waals surface area contributed by atoms with Crippen molar-refractivity contribution < 1.29 is 19.5 Å². The van der Waals surface area contributed by atoms with Crippen molar-refractivity contribution in [3.63, 3.8) is 0 Å². The molecule has 2 N–H and O–H groups in total. The highest BCUT2D eigenvalue weighted by Crippen LogP contribution is 2.34. The fraction of sp³-hybridized carbons (Fsp3) is 0.0556. The van der Waals surface area contributed by atoms with E-state index in [9.17, 15) is 19.5 Å². The first kappa shape index (κ1) is 19.6. The van der Waals surface area contributed by atoms with Crippen molar-refractivity contribution in [2.45, 2.75) is 6.92 Å². The smallest absolute Gasteiger partial charge is 0.335 e. The molecule has 27 heavy (non-hydrogen) atoms. The van der Waals surface area contributed by atoms with Gasteiger partial charge in [-0.3, -0.25) is 14.9 Å². The van der Waals surface area contributed by atoms with E-state index >= 15 is 0 Å². The fourth-order valence-electron chi connectivity index (χ4n) is 2.55. The van der Waals surface area contributed by atoms with E-state index in [0.717, 1.165) is 4.90 Å². The number of carbonyl (C=O) groups is 3. The summed E-state index contributed by atoms with van der Waals surface area (Å²) in [5, 5.41) is 12.7. The number of nitrogens with one attached hydrogen (secondary N) is 1. The van der Waals surface area contributed by atoms with Crippen molar-refractivity contribution in [2.75, 3.05) is 4.90 Å². The molecule has 0 saturated carbocycles. The van der Waals surface area contributed by atoms with Gasteiger partial charge in [-0.05, 0) is 58.8 Å². The van der Waals surface area contributed by atoms with Crippen molar-refractivity contribution in [3.8, 4) is 5.75 Å². The van der Waals surface area contributed by atoms with E-state index in [1.54, 1.807) is 31.2 Å². The van der Waals surface area contributed by atoms with Crippen molar-refractivity contribution >= 4 is 73.1 Å². The number of urea groups is 1. The number of hydrogen-bond donors (Lipinski definition) is 2. The van der Waals surface area contributed by atoms with Crippen molar-refractivity contribution in [1.82, 2.24) is 5.32 Å². The summed E-state index contributed by atoms with van der Waals surface area (Å²) < 4.78 is 1.01. The molecule has 0 unspecified atom stereocenters. The number of barbiturate groups is 1. The van der Waals surface area contributed by atoms with Gasteiger partial charge in [-0.25, -0.2) is 9.69 Å². The first-order chi connectivity index (χ1) is 12.7. The van der Waals surface area contributed by atoms with E-state index in [2.05, 4.69) is 37.2 Å². The van der Waals surface area contributed by atoms with Gasteiger partial charge in [0, 0.05) is 15.1 Å². The third kappa shape index (κ3) is 3.78. The summed E-state index contributed by atoms with van der Waals surface area (Å²) in [6.07, 6.45) is 1.22. The molecule has 1 heterocycles. The highest BCUT2D eigenvalue weighted by atomic mass is 79.9. The monoisotopic (exact) mass is 512 g/mol. The topological polar surface area (TPSA) is 86.7 Å². The van der Waals surface area contributed by atoms with Crippen LogP contribution in [0, 0.1) is 6.92 Å². The molecule has 0 radical (unpaired) electrons. The molecule has 0 bridgehead atoms. The molecule has 2 aromatic rings. The van der Waals surface area contributed by atoms with E-state index in [0.29, 0.717) is 19.5 Å². The molecule has 3 rings (SSSR count). The number of aromatic hydroxyl groups is 1. The van der Waals surface area contributed by atoms with Gasteiger partial charge < -0.3 is 5.11 Å². The average molecular weight is 515 g/mol. The summed E-state index contributed by atoms with van der Waals surface area (Å²) in [7, 11) is 0. The van der Waals surface area contributed by atoms with Crippen LogP contribution in [0.25, 0.3) is 6.08 Å². The van der Waals surface area contributed by atoms with Crippen LogP contribution in [-0.2, 0) is 9.59 Å². The van der Waals surface area contributed by atoms with Crippen LogP contribution < -0.4 is 10.2 Å². The molecule has 1 fully saturated rings. The van der Waals surface area contributed by atoms with Gasteiger partial charge in [-0.2, -0.15) is 0 Å². The van der Waals surface area contributed by atoms with Gasteiger partial charge in [-0.15, -0.1) is 0 Å². The standard InChI is InChI=1S/C18H11Br2ClN2O4/c1-8-2-3-11(21)7-14(8)23-17(26)12(16(25)22-18(23)27)5-9-4-10(19)6-13(20)15(9)24/h2-7,24H,1H3,(H,22,25,27)/b12-5+. The lowest BCUT2D eigenvalue weighted by molar-refractivity contribution is -0.122.